The number of carbonyl (C=O) groups is 2. The van der Waals surface area contributed by atoms with E-state index < -0.39 is 0 Å². The minimum Gasteiger partial charge on any atom is -0.493 e. The minimum atomic E-state index is -0.252. The van der Waals surface area contributed by atoms with Crippen molar-refractivity contribution in [1.29, 1.82) is 0 Å². The lowest BCUT2D eigenvalue weighted by molar-refractivity contribution is -0.119. The van der Waals surface area contributed by atoms with Crippen molar-refractivity contribution in [3.8, 4) is 17.2 Å². The van der Waals surface area contributed by atoms with Crippen LogP contribution in [0.3, 0.4) is 0 Å². The van der Waals surface area contributed by atoms with Crippen molar-refractivity contribution in [2.45, 2.75) is 37.9 Å². The number of hydrogen-bond acceptors (Lipinski definition) is 6. The first-order valence-electron chi connectivity index (χ1n) is 10.3. The van der Waals surface area contributed by atoms with E-state index in [9.17, 15) is 9.59 Å². The van der Waals surface area contributed by atoms with Gasteiger partial charge in [-0.1, -0.05) is 42.1 Å². The van der Waals surface area contributed by atoms with Crippen LogP contribution in [0, 0.1) is 6.92 Å². The average Bonchev–Trinajstić information content (AvgIpc) is 3.31. The summed E-state index contributed by atoms with van der Waals surface area (Å²) in [6.45, 7) is 2.44. The second-order valence-corrected chi connectivity index (χ2v) is 8.58. The Kier molecular flexibility index (Phi) is 6.72. The van der Waals surface area contributed by atoms with Gasteiger partial charge in [0.1, 0.15) is 11.5 Å². The maximum atomic E-state index is 11.6. The molecule has 1 aromatic heterocycles. The number of imide groups is 1. The molecule has 2 aromatic carbocycles. The van der Waals surface area contributed by atoms with Gasteiger partial charge in [-0.3, -0.25) is 14.9 Å². The van der Waals surface area contributed by atoms with E-state index in [4.69, 9.17) is 9.15 Å². The number of benzene rings is 2. The highest BCUT2D eigenvalue weighted by molar-refractivity contribution is 8.15. The van der Waals surface area contributed by atoms with Crippen LogP contribution in [-0.2, 0) is 17.6 Å². The molecule has 0 bridgehead atoms. The third kappa shape index (κ3) is 5.55. The van der Waals surface area contributed by atoms with Crippen LogP contribution in [-0.4, -0.2) is 28.0 Å². The van der Waals surface area contributed by atoms with E-state index in [1.54, 1.807) is 0 Å². The highest BCUT2D eigenvalue weighted by atomic mass is 32.2. The van der Waals surface area contributed by atoms with E-state index in [1.807, 2.05) is 61.5 Å². The normalized spacial score (nSPS) is 15.8. The Bertz CT molecular complexity index is 1050. The molecule has 0 saturated carbocycles. The lowest BCUT2D eigenvalue weighted by atomic mass is 10.1. The molecule has 31 heavy (non-hydrogen) atoms. The first kappa shape index (κ1) is 21.2. The van der Waals surface area contributed by atoms with Crippen LogP contribution in [0.25, 0.3) is 11.5 Å². The second kappa shape index (κ2) is 9.83. The summed E-state index contributed by atoms with van der Waals surface area (Å²) in [6, 6.07) is 17.9. The number of rotatable bonds is 9. The molecule has 0 spiro atoms. The molecule has 0 radical (unpaired) electrons. The van der Waals surface area contributed by atoms with Crippen LogP contribution < -0.4 is 10.1 Å². The molecular weight excluding hydrogens is 412 g/mol. The van der Waals surface area contributed by atoms with E-state index in [0.29, 0.717) is 25.3 Å². The van der Waals surface area contributed by atoms with Crippen LogP contribution in [0.2, 0.25) is 0 Å². The molecule has 1 N–H and O–H groups in total. The lowest BCUT2D eigenvalue weighted by Crippen LogP contribution is -2.24. The van der Waals surface area contributed by atoms with Crippen LogP contribution >= 0.6 is 11.8 Å². The zero-order valence-electron chi connectivity index (χ0n) is 17.3. The zero-order chi connectivity index (χ0) is 21.6. The van der Waals surface area contributed by atoms with Gasteiger partial charge in [-0.25, -0.2) is 4.98 Å². The Hall–Kier alpha value is -3.06. The van der Waals surface area contributed by atoms with Crippen molar-refractivity contribution in [1.82, 2.24) is 10.3 Å². The molecule has 1 aliphatic rings. The average molecular weight is 437 g/mol. The molecule has 3 aromatic rings. The number of oxazole rings is 1. The van der Waals surface area contributed by atoms with Crippen molar-refractivity contribution in [3.05, 3.63) is 71.6 Å². The number of carbonyl (C=O) groups excluding carboxylic acids is 2. The molecule has 0 aliphatic carbocycles. The van der Waals surface area contributed by atoms with E-state index in [1.165, 1.54) is 5.56 Å². The van der Waals surface area contributed by atoms with Crippen LogP contribution in [0.15, 0.2) is 59.0 Å². The smallest absolute Gasteiger partial charge is 0.286 e. The third-order valence-electron chi connectivity index (χ3n) is 5.14. The number of thioether (sulfide) groups is 1. The van der Waals surface area contributed by atoms with E-state index in [2.05, 4.69) is 10.3 Å². The highest BCUT2D eigenvalue weighted by Crippen LogP contribution is 2.25. The summed E-state index contributed by atoms with van der Waals surface area (Å²) in [5, 5.41) is 1.83. The Morgan fingerprint density at radius 3 is 2.55 bits per heavy atom. The summed E-state index contributed by atoms with van der Waals surface area (Å²) in [4.78, 5) is 27.4. The Morgan fingerprint density at radius 2 is 1.84 bits per heavy atom. The van der Waals surface area contributed by atoms with Gasteiger partial charge in [0.2, 0.25) is 11.8 Å². The number of aryl methyl sites for hydroxylation is 2. The predicted molar refractivity (Wildman–Crippen MR) is 120 cm³/mol. The number of hydrogen-bond donors (Lipinski definition) is 1. The topological polar surface area (TPSA) is 81.4 Å². The molecule has 1 atom stereocenters. The predicted octanol–water partition coefficient (Wildman–Crippen LogP) is 4.95. The van der Waals surface area contributed by atoms with Gasteiger partial charge in [0.25, 0.3) is 5.24 Å². The van der Waals surface area contributed by atoms with Gasteiger partial charge in [-0.2, -0.15) is 0 Å². The molecule has 1 unspecified atom stereocenters. The molecule has 2 heterocycles. The number of nitrogens with zero attached hydrogens (tertiary/aromatic N) is 1. The van der Waals surface area contributed by atoms with E-state index in [-0.39, 0.29) is 16.4 Å². The molecule has 1 aliphatic heterocycles. The van der Waals surface area contributed by atoms with Gasteiger partial charge < -0.3 is 9.15 Å². The Balaban J connectivity index is 1.22. The van der Waals surface area contributed by atoms with E-state index in [0.717, 1.165) is 47.4 Å². The maximum absolute atomic E-state index is 11.6. The monoisotopic (exact) mass is 436 g/mol. The van der Waals surface area contributed by atoms with Crippen molar-refractivity contribution in [3.63, 3.8) is 0 Å². The first-order valence-corrected chi connectivity index (χ1v) is 11.2. The third-order valence-corrected chi connectivity index (χ3v) is 6.19. The molecule has 1 saturated heterocycles. The van der Waals surface area contributed by atoms with Crippen LogP contribution in [0.5, 0.6) is 5.75 Å². The number of ether oxygens (including phenoxy) is 1. The SMILES string of the molecule is Cc1oc(-c2ccccc2)nc1CCOc1ccc(CCCC2SC(=O)NC2=O)cc1. The second-order valence-electron chi connectivity index (χ2n) is 7.41. The van der Waals surface area contributed by atoms with Gasteiger partial charge in [-0.15, -0.1) is 0 Å². The fraction of sp³-hybridized carbons (Fsp3) is 0.292. The molecule has 7 heteroatoms. The zero-order valence-corrected chi connectivity index (χ0v) is 18.1. The molecule has 160 valence electrons. The molecule has 1 fully saturated rings. The highest BCUT2D eigenvalue weighted by Gasteiger charge is 2.30. The van der Waals surface area contributed by atoms with E-state index >= 15 is 0 Å². The largest absolute Gasteiger partial charge is 0.493 e. The fourth-order valence-corrected chi connectivity index (χ4v) is 4.33. The minimum absolute atomic E-state index is 0.169. The summed E-state index contributed by atoms with van der Waals surface area (Å²) in [6.07, 6.45) is 3.08. The van der Waals surface area contributed by atoms with Gasteiger partial charge in [0, 0.05) is 12.0 Å². The maximum Gasteiger partial charge on any atom is 0.286 e. The summed E-state index contributed by atoms with van der Waals surface area (Å²) < 4.78 is 11.7. The Labute approximate surface area is 185 Å². The fourth-order valence-electron chi connectivity index (χ4n) is 3.46. The standard InChI is InChI=1S/C24H24N2O4S/c1-16-20(25-23(30-16)18-7-3-2-4-8-18)14-15-29-19-12-10-17(11-13-19)6-5-9-21-22(27)26-24(28)31-21/h2-4,7-8,10-13,21H,5-6,9,14-15H2,1H3,(H,26,27,28). The number of aromatic nitrogens is 1. The lowest BCUT2D eigenvalue weighted by Gasteiger charge is -2.08. The van der Waals surface area contributed by atoms with Crippen molar-refractivity contribution >= 4 is 22.9 Å². The molecule has 6 nitrogen and oxygen atoms in total. The quantitative estimate of drug-likeness (QED) is 0.511. The summed E-state index contributed by atoms with van der Waals surface area (Å²) in [5.41, 5.74) is 3.05. The van der Waals surface area contributed by atoms with Gasteiger partial charge in [0.05, 0.1) is 17.6 Å². The summed E-state index contributed by atoms with van der Waals surface area (Å²) in [5.74, 6) is 2.09. The number of amides is 2. The van der Waals surface area contributed by atoms with Gasteiger partial charge in [0.15, 0.2) is 0 Å². The number of nitrogens with one attached hydrogen (secondary N) is 1. The molecular formula is C24H24N2O4S. The first-order chi connectivity index (χ1) is 15.1. The summed E-state index contributed by atoms with van der Waals surface area (Å²) in [7, 11) is 0. The van der Waals surface area contributed by atoms with Gasteiger partial charge >= 0.3 is 0 Å². The van der Waals surface area contributed by atoms with Crippen molar-refractivity contribution < 1.29 is 18.7 Å². The molecule has 4 rings (SSSR count). The summed E-state index contributed by atoms with van der Waals surface area (Å²) >= 11 is 1.09. The van der Waals surface area contributed by atoms with Crippen LogP contribution in [0.4, 0.5) is 4.79 Å². The van der Waals surface area contributed by atoms with Gasteiger partial charge in [-0.05, 0) is 56.0 Å². The Morgan fingerprint density at radius 1 is 1.06 bits per heavy atom. The molecule has 2 amide bonds. The van der Waals surface area contributed by atoms with Crippen molar-refractivity contribution in [2.24, 2.45) is 0 Å². The van der Waals surface area contributed by atoms with Crippen molar-refractivity contribution in [2.75, 3.05) is 6.61 Å². The van der Waals surface area contributed by atoms with Crippen LogP contribution in [0.1, 0.15) is 29.9 Å².